The molecule has 4 heteroatoms. The number of likely N-dealkylation sites (tertiary alicyclic amines) is 1. The fraction of sp³-hybridized carbons (Fsp3) is 0.600. The van der Waals surface area contributed by atoms with Crippen LogP contribution in [0.5, 0.6) is 11.5 Å². The van der Waals surface area contributed by atoms with Crippen molar-refractivity contribution < 1.29 is 9.47 Å². The molecule has 1 fully saturated rings. The van der Waals surface area contributed by atoms with E-state index in [1.165, 1.54) is 24.9 Å². The average Bonchev–Trinajstić information content (AvgIpc) is 2.84. The zero-order valence-corrected chi connectivity index (χ0v) is 12.1. The van der Waals surface area contributed by atoms with Gasteiger partial charge < -0.3 is 19.7 Å². The van der Waals surface area contributed by atoms with Crippen molar-refractivity contribution in [1.82, 2.24) is 10.2 Å². The molecule has 0 amide bonds. The summed E-state index contributed by atoms with van der Waals surface area (Å²) in [5, 5.41) is 3.52. The summed E-state index contributed by atoms with van der Waals surface area (Å²) in [6, 6.07) is 6.63. The third-order valence-electron chi connectivity index (χ3n) is 3.86. The maximum absolute atomic E-state index is 5.40. The van der Waals surface area contributed by atoms with Crippen LogP contribution in [0.25, 0.3) is 0 Å². The van der Waals surface area contributed by atoms with Crippen LogP contribution in [0.15, 0.2) is 18.2 Å². The largest absolute Gasteiger partial charge is 0.497 e. The summed E-state index contributed by atoms with van der Waals surface area (Å²) in [4.78, 5) is 2.43. The molecule has 1 aromatic carbocycles. The Morgan fingerprint density at radius 3 is 2.79 bits per heavy atom. The maximum atomic E-state index is 5.40. The number of nitrogens with one attached hydrogen (secondary N) is 1. The van der Waals surface area contributed by atoms with Gasteiger partial charge in [-0.05, 0) is 32.5 Å². The van der Waals surface area contributed by atoms with Crippen LogP contribution < -0.4 is 14.8 Å². The summed E-state index contributed by atoms with van der Waals surface area (Å²) < 4.78 is 10.6. The second-order valence-corrected chi connectivity index (χ2v) is 5.09. The van der Waals surface area contributed by atoms with Gasteiger partial charge in [0, 0.05) is 30.8 Å². The van der Waals surface area contributed by atoms with Crippen LogP contribution >= 0.6 is 0 Å². The molecule has 1 heterocycles. The normalized spacial score (nSPS) is 19.6. The van der Waals surface area contributed by atoms with Crippen molar-refractivity contribution in [3.63, 3.8) is 0 Å². The zero-order chi connectivity index (χ0) is 13.7. The van der Waals surface area contributed by atoms with E-state index >= 15 is 0 Å². The molecule has 0 aromatic heterocycles. The average molecular weight is 264 g/mol. The standard InChI is InChI=1S/C15H24N2O2/c1-17-8-4-5-13(17)11-16-10-12-6-7-14(18-2)9-15(12)19-3/h6-7,9,13,16H,4-5,8,10-11H2,1-3H3/t13-/m1/s1. The Labute approximate surface area is 115 Å². The molecule has 0 saturated carbocycles. The number of nitrogens with zero attached hydrogens (tertiary/aromatic N) is 1. The molecule has 1 atom stereocenters. The highest BCUT2D eigenvalue weighted by Gasteiger charge is 2.20. The van der Waals surface area contributed by atoms with E-state index in [2.05, 4.69) is 23.3 Å². The first-order chi connectivity index (χ1) is 9.24. The van der Waals surface area contributed by atoms with Crippen molar-refractivity contribution in [3.8, 4) is 11.5 Å². The SMILES string of the molecule is COc1ccc(CNC[C@H]2CCCN2C)c(OC)c1. The fourth-order valence-electron chi connectivity index (χ4n) is 2.61. The molecule has 106 valence electrons. The summed E-state index contributed by atoms with van der Waals surface area (Å²) in [6.45, 7) is 3.08. The van der Waals surface area contributed by atoms with Gasteiger partial charge in [-0.2, -0.15) is 0 Å². The van der Waals surface area contributed by atoms with Crippen molar-refractivity contribution in [1.29, 1.82) is 0 Å². The van der Waals surface area contributed by atoms with E-state index in [9.17, 15) is 0 Å². The van der Waals surface area contributed by atoms with Crippen molar-refractivity contribution >= 4 is 0 Å². The quantitative estimate of drug-likeness (QED) is 0.850. The van der Waals surface area contributed by atoms with Gasteiger partial charge in [0.05, 0.1) is 14.2 Å². The lowest BCUT2D eigenvalue weighted by Gasteiger charge is -2.20. The summed E-state index contributed by atoms with van der Waals surface area (Å²) in [5.41, 5.74) is 1.17. The number of methoxy groups -OCH3 is 2. The number of hydrogen-bond acceptors (Lipinski definition) is 4. The minimum atomic E-state index is 0.671. The molecule has 1 aromatic rings. The molecule has 1 aliphatic heterocycles. The molecule has 0 bridgehead atoms. The van der Waals surface area contributed by atoms with Crippen molar-refractivity contribution in [2.24, 2.45) is 0 Å². The Kier molecular flexibility index (Phi) is 5.05. The number of rotatable bonds is 6. The third kappa shape index (κ3) is 3.61. The molecule has 0 spiro atoms. The lowest BCUT2D eigenvalue weighted by atomic mass is 10.1. The first-order valence-corrected chi connectivity index (χ1v) is 6.86. The Morgan fingerprint density at radius 1 is 1.32 bits per heavy atom. The minimum absolute atomic E-state index is 0.671. The van der Waals surface area contributed by atoms with E-state index in [1.807, 2.05) is 12.1 Å². The highest BCUT2D eigenvalue weighted by atomic mass is 16.5. The highest BCUT2D eigenvalue weighted by molar-refractivity contribution is 5.40. The number of likely N-dealkylation sites (N-methyl/N-ethyl adjacent to an activating group) is 1. The summed E-state index contributed by atoms with van der Waals surface area (Å²) in [7, 11) is 5.57. The van der Waals surface area contributed by atoms with Crippen LogP contribution in [0.3, 0.4) is 0 Å². The van der Waals surface area contributed by atoms with E-state index in [-0.39, 0.29) is 0 Å². The van der Waals surface area contributed by atoms with Gasteiger partial charge in [0.15, 0.2) is 0 Å². The second kappa shape index (κ2) is 6.78. The van der Waals surface area contributed by atoms with Gasteiger partial charge in [0.2, 0.25) is 0 Å². The van der Waals surface area contributed by atoms with E-state index in [0.717, 1.165) is 24.6 Å². The van der Waals surface area contributed by atoms with E-state index < -0.39 is 0 Å². The minimum Gasteiger partial charge on any atom is -0.497 e. The number of ether oxygens (including phenoxy) is 2. The van der Waals surface area contributed by atoms with Crippen LogP contribution in [0.2, 0.25) is 0 Å². The second-order valence-electron chi connectivity index (χ2n) is 5.09. The van der Waals surface area contributed by atoms with E-state index in [1.54, 1.807) is 14.2 Å². The van der Waals surface area contributed by atoms with Gasteiger partial charge in [-0.3, -0.25) is 0 Å². The molecule has 1 saturated heterocycles. The molecule has 0 aliphatic carbocycles. The molecule has 4 nitrogen and oxygen atoms in total. The van der Waals surface area contributed by atoms with Gasteiger partial charge in [-0.15, -0.1) is 0 Å². The lowest BCUT2D eigenvalue weighted by molar-refractivity contribution is 0.299. The monoisotopic (exact) mass is 264 g/mol. The summed E-state index contributed by atoms with van der Waals surface area (Å²) in [6.07, 6.45) is 2.61. The lowest BCUT2D eigenvalue weighted by Crippen LogP contribution is -2.35. The molecule has 0 unspecified atom stereocenters. The van der Waals surface area contributed by atoms with Crippen LogP contribution in [0.1, 0.15) is 18.4 Å². The van der Waals surface area contributed by atoms with Gasteiger partial charge in [0.25, 0.3) is 0 Å². The molecular formula is C15H24N2O2. The zero-order valence-electron chi connectivity index (χ0n) is 12.1. The van der Waals surface area contributed by atoms with Gasteiger partial charge in [0.1, 0.15) is 11.5 Å². The Hall–Kier alpha value is -1.26. The molecular weight excluding hydrogens is 240 g/mol. The smallest absolute Gasteiger partial charge is 0.127 e. The van der Waals surface area contributed by atoms with Gasteiger partial charge in [-0.1, -0.05) is 6.07 Å². The van der Waals surface area contributed by atoms with Crippen molar-refractivity contribution in [2.45, 2.75) is 25.4 Å². The van der Waals surface area contributed by atoms with E-state index in [4.69, 9.17) is 9.47 Å². The molecule has 1 aliphatic rings. The summed E-state index contributed by atoms with van der Waals surface area (Å²) >= 11 is 0. The molecule has 0 radical (unpaired) electrons. The molecule has 1 N–H and O–H groups in total. The Balaban J connectivity index is 1.88. The number of hydrogen-bond donors (Lipinski definition) is 1. The topological polar surface area (TPSA) is 33.7 Å². The predicted molar refractivity (Wildman–Crippen MR) is 76.9 cm³/mol. The first kappa shape index (κ1) is 14.2. The highest BCUT2D eigenvalue weighted by Crippen LogP contribution is 2.24. The Bertz CT molecular complexity index is 409. The third-order valence-corrected chi connectivity index (χ3v) is 3.86. The first-order valence-electron chi connectivity index (χ1n) is 6.86. The van der Waals surface area contributed by atoms with Crippen molar-refractivity contribution in [3.05, 3.63) is 23.8 Å². The number of benzene rings is 1. The Morgan fingerprint density at radius 2 is 2.16 bits per heavy atom. The molecule has 19 heavy (non-hydrogen) atoms. The van der Waals surface area contributed by atoms with Gasteiger partial charge in [-0.25, -0.2) is 0 Å². The summed E-state index contributed by atoms with van der Waals surface area (Å²) in [5.74, 6) is 1.71. The van der Waals surface area contributed by atoms with Gasteiger partial charge >= 0.3 is 0 Å². The van der Waals surface area contributed by atoms with E-state index in [0.29, 0.717) is 6.04 Å². The van der Waals surface area contributed by atoms with Crippen molar-refractivity contribution in [2.75, 3.05) is 34.4 Å². The van der Waals surface area contributed by atoms with Crippen LogP contribution in [-0.2, 0) is 6.54 Å². The predicted octanol–water partition coefficient (Wildman–Crippen LogP) is 1.89. The molecule has 2 rings (SSSR count). The fourth-order valence-corrected chi connectivity index (χ4v) is 2.61. The van der Waals surface area contributed by atoms with Crippen LogP contribution in [0, 0.1) is 0 Å². The maximum Gasteiger partial charge on any atom is 0.127 e. The van der Waals surface area contributed by atoms with Crippen LogP contribution in [0.4, 0.5) is 0 Å². The van der Waals surface area contributed by atoms with Crippen LogP contribution in [-0.4, -0.2) is 45.3 Å².